The number of aromatic nitrogens is 3. The molecule has 0 spiro atoms. The predicted octanol–water partition coefficient (Wildman–Crippen LogP) is 1.78. The highest BCUT2D eigenvalue weighted by Gasteiger charge is 2.40. The zero-order valence-corrected chi connectivity index (χ0v) is 13.4. The van der Waals surface area contributed by atoms with Gasteiger partial charge in [0.25, 0.3) is 0 Å². The lowest BCUT2D eigenvalue weighted by Gasteiger charge is -2.19. The molecule has 0 bridgehead atoms. The molecule has 1 N–H and O–H groups in total. The molecule has 2 heterocycles. The van der Waals surface area contributed by atoms with Crippen LogP contribution in [0.2, 0.25) is 0 Å². The fourth-order valence-corrected chi connectivity index (χ4v) is 3.40. The maximum absolute atomic E-state index is 12.5. The van der Waals surface area contributed by atoms with Crippen LogP contribution in [0.3, 0.4) is 0 Å². The fourth-order valence-electron chi connectivity index (χ4n) is 3.40. The van der Waals surface area contributed by atoms with E-state index in [9.17, 15) is 4.79 Å². The minimum absolute atomic E-state index is 0.0207. The van der Waals surface area contributed by atoms with E-state index in [1.807, 2.05) is 11.6 Å². The second-order valence-electron chi connectivity index (χ2n) is 6.37. The molecular formula is C16H22N6O. The van der Waals surface area contributed by atoms with Gasteiger partial charge in [-0.05, 0) is 12.8 Å². The number of amides is 1. The molecule has 0 aromatic carbocycles. The standard InChI is InChI=1S/C16H22N6O/c1-3-4-8-16(20-21-16)9-10-17-15(23)13-7-5-6-12(13)14-19-18-11-22(14)2/h1,11-13H,4-10H2,2H3,(H,17,23)/t12-,13+/m1/s1. The number of aryl methyl sites for hydroxylation is 1. The van der Waals surface area contributed by atoms with E-state index in [0.29, 0.717) is 13.0 Å². The van der Waals surface area contributed by atoms with Gasteiger partial charge in [0, 0.05) is 44.7 Å². The van der Waals surface area contributed by atoms with Gasteiger partial charge in [0.2, 0.25) is 5.91 Å². The Bertz CT molecular complexity index is 637. The highest BCUT2D eigenvalue weighted by molar-refractivity contribution is 5.79. The van der Waals surface area contributed by atoms with Crippen LogP contribution in [-0.2, 0) is 11.8 Å². The van der Waals surface area contributed by atoms with Crippen LogP contribution in [0.5, 0.6) is 0 Å². The minimum Gasteiger partial charge on any atom is -0.356 e. The Labute approximate surface area is 136 Å². The number of terminal acetylenes is 1. The third-order valence-corrected chi connectivity index (χ3v) is 4.81. The summed E-state index contributed by atoms with van der Waals surface area (Å²) >= 11 is 0. The van der Waals surface area contributed by atoms with Crippen molar-refractivity contribution in [1.29, 1.82) is 0 Å². The highest BCUT2D eigenvalue weighted by atomic mass is 16.1. The Morgan fingerprint density at radius 3 is 2.96 bits per heavy atom. The van der Waals surface area contributed by atoms with E-state index < -0.39 is 0 Å². The van der Waals surface area contributed by atoms with Crippen molar-refractivity contribution in [2.24, 2.45) is 23.2 Å². The fraction of sp³-hybridized carbons (Fsp3) is 0.688. The molecule has 3 rings (SSSR count). The lowest BCUT2D eigenvalue weighted by molar-refractivity contribution is -0.125. The van der Waals surface area contributed by atoms with E-state index >= 15 is 0 Å². The summed E-state index contributed by atoms with van der Waals surface area (Å²) in [6.45, 7) is 0.582. The highest BCUT2D eigenvalue weighted by Crippen LogP contribution is 2.39. The first kappa shape index (κ1) is 15.7. The number of carbonyl (C=O) groups excluding carboxylic acids is 1. The quantitative estimate of drug-likeness (QED) is 0.779. The molecule has 1 aromatic heterocycles. The predicted molar refractivity (Wildman–Crippen MR) is 84.4 cm³/mol. The van der Waals surface area contributed by atoms with E-state index in [0.717, 1.165) is 37.9 Å². The van der Waals surface area contributed by atoms with Crippen LogP contribution >= 0.6 is 0 Å². The molecule has 23 heavy (non-hydrogen) atoms. The van der Waals surface area contributed by atoms with Crippen molar-refractivity contribution in [1.82, 2.24) is 20.1 Å². The van der Waals surface area contributed by atoms with Crippen LogP contribution in [0, 0.1) is 18.3 Å². The maximum atomic E-state index is 12.5. The van der Waals surface area contributed by atoms with Crippen LogP contribution < -0.4 is 5.32 Å². The van der Waals surface area contributed by atoms with Gasteiger partial charge in [-0.25, -0.2) is 0 Å². The van der Waals surface area contributed by atoms with Crippen LogP contribution in [0.4, 0.5) is 0 Å². The van der Waals surface area contributed by atoms with Gasteiger partial charge in [-0.3, -0.25) is 4.79 Å². The van der Waals surface area contributed by atoms with E-state index in [2.05, 4.69) is 31.7 Å². The molecule has 1 aliphatic carbocycles. The summed E-state index contributed by atoms with van der Waals surface area (Å²) in [4.78, 5) is 12.5. The summed E-state index contributed by atoms with van der Waals surface area (Å²) in [5.41, 5.74) is -0.335. The third kappa shape index (κ3) is 3.41. The molecule has 7 nitrogen and oxygen atoms in total. The number of rotatable bonds is 7. The number of hydrogen-bond donors (Lipinski definition) is 1. The maximum Gasteiger partial charge on any atom is 0.223 e. The van der Waals surface area contributed by atoms with Gasteiger partial charge in [-0.2, -0.15) is 10.2 Å². The first-order valence-corrected chi connectivity index (χ1v) is 8.14. The molecule has 122 valence electrons. The van der Waals surface area contributed by atoms with Crippen LogP contribution in [0.25, 0.3) is 0 Å². The van der Waals surface area contributed by atoms with Gasteiger partial charge >= 0.3 is 0 Å². The summed E-state index contributed by atoms with van der Waals surface area (Å²) in [6.07, 6.45) is 12.1. The molecule has 1 amide bonds. The molecule has 1 aliphatic heterocycles. The monoisotopic (exact) mass is 314 g/mol. The zero-order valence-electron chi connectivity index (χ0n) is 13.4. The number of carbonyl (C=O) groups is 1. The third-order valence-electron chi connectivity index (χ3n) is 4.81. The largest absolute Gasteiger partial charge is 0.356 e. The van der Waals surface area contributed by atoms with Crippen molar-refractivity contribution in [3.8, 4) is 12.3 Å². The van der Waals surface area contributed by atoms with Gasteiger partial charge in [-0.1, -0.05) is 6.42 Å². The lowest BCUT2D eigenvalue weighted by Crippen LogP contribution is -2.35. The average molecular weight is 314 g/mol. The normalized spacial score (nSPS) is 24.3. The molecule has 1 aromatic rings. The van der Waals surface area contributed by atoms with Gasteiger partial charge < -0.3 is 9.88 Å². The average Bonchev–Trinajstić information content (AvgIpc) is 2.95. The molecule has 2 aliphatic rings. The molecule has 0 saturated heterocycles. The second kappa shape index (κ2) is 6.49. The molecule has 0 unspecified atom stereocenters. The molecule has 2 atom stereocenters. The van der Waals surface area contributed by atoms with Crippen molar-refractivity contribution in [2.75, 3.05) is 6.54 Å². The molecule has 1 saturated carbocycles. The Hall–Kier alpha value is -2.23. The molecule has 0 radical (unpaired) electrons. The van der Waals surface area contributed by atoms with Gasteiger partial charge in [0.1, 0.15) is 12.2 Å². The number of nitrogens with one attached hydrogen (secondary N) is 1. The van der Waals surface area contributed by atoms with Crippen molar-refractivity contribution in [3.05, 3.63) is 12.2 Å². The van der Waals surface area contributed by atoms with Crippen LogP contribution in [0.15, 0.2) is 16.6 Å². The summed E-state index contributed by atoms with van der Waals surface area (Å²) in [5.74, 6) is 3.75. The van der Waals surface area contributed by atoms with Gasteiger partial charge in [0.05, 0.1) is 0 Å². The van der Waals surface area contributed by atoms with Crippen LogP contribution in [-0.4, -0.2) is 32.9 Å². The first-order valence-electron chi connectivity index (χ1n) is 8.14. The van der Waals surface area contributed by atoms with E-state index in [4.69, 9.17) is 6.42 Å². The van der Waals surface area contributed by atoms with Crippen molar-refractivity contribution in [2.45, 2.75) is 50.1 Å². The van der Waals surface area contributed by atoms with Crippen molar-refractivity contribution < 1.29 is 4.79 Å². The van der Waals surface area contributed by atoms with E-state index in [-0.39, 0.29) is 23.4 Å². The summed E-state index contributed by atoms with van der Waals surface area (Å²) in [6, 6.07) is 0. The summed E-state index contributed by atoms with van der Waals surface area (Å²) in [7, 11) is 1.92. The van der Waals surface area contributed by atoms with Crippen molar-refractivity contribution in [3.63, 3.8) is 0 Å². The smallest absolute Gasteiger partial charge is 0.223 e. The van der Waals surface area contributed by atoms with E-state index in [1.54, 1.807) is 6.33 Å². The molecule has 1 fully saturated rings. The zero-order chi connectivity index (χ0) is 16.3. The lowest BCUT2D eigenvalue weighted by atomic mass is 9.94. The SMILES string of the molecule is C#CCCC1(CCNC(=O)[C@H]2CCC[C@H]2c2nncn2C)N=N1. The molecular weight excluding hydrogens is 292 g/mol. The summed E-state index contributed by atoms with van der Waals surface area (Å²) < 4.78 is 1.91. The second-order valence-corrected chi connectivity index (χ2v) is 6.37. The van der Waals surface area contributed by atoms with Crippen LogP contribution in [0.1, 0.15) is 50.3 Å². The Kier molecular flexibility index (Phi) is 4.42. The summed E-state index contributed by atoms with van der Waals surface area (Å²) in [5, 5.41) is 19.3. The van der Waals surface area contributed by atoms with Crippen molar-refractivity contribution >= 4 is 5.91 Å². The van der Waals surface area contributed by atoms with Gasteiger partial charge in [0.15, 0.2) is 5.66 Å². The van der Waals surface area contributed by atoms with Gasteiger partial charge in [-0.15, -0.1) is 22.5 Å². The van der Waals surface area contributed by atoms with E-state index in [1.165, 1.54) is 0 Å². The number of hydrogen-bond acceptors (Lipinski definition) is 5. The first-order chi connectivity index (χ1) is 11.2. The Morgan fingerprint density at radius 1 is 1.48 bits per heavy atom. The minimum atomic E-state index is -0.335. The number of nitrogens with zero attached hydrogens (tertiary/aromatic N) is 5. The Morgan fingerprint density at radius 2 is 2.30 bits per heavy atom. The topological polar surface area (TPSA) is 84.5 Å². The Balaban J connectivity index is 1.50. The molecule has 7 heteroatoms.